The van der Waals surface area contributed by atoms with Gasteiger partial charge in [-0.1, -0.05) is 11.1 Å². The van der Waals surface area contributed by atoms with E-state index < -0.39 is 0 Å². The quantitative estimate of drug-likeness (QED) is 0.694. The zero-order valence-electron chi connectivity index (χ0n) is 7.83. The molecule has 70 valence electrons. The van der Waals surface area contributed by atoms with Gasteiger partial charge in [0.1, 0.15) is 0 Å². The van der Waals surface area contributed by atoms with Crippen LogP contribution in [-0.2, 0) is 13.1 Å². The number of nitrogens with zero attached hydrogens (tertiary/aromatic N) is 1. The molecule has 0 radical (unpaired) electrons. The maximum Gasteiger partial charge on any atom is 0.160 e. The molecule has 3 nitrogen and oxygen atoms in total. The maximum atomic E-state index is 5.19. The van der Waals surface area contributed by atoms with Crippen molar-refractivity contribution in [3.8, 4) is 11.5 Å². The molecule has 0 aromatic heterocycles. The summed E-state index contributed by atoms with van der Waals surface area (Å²) in [5.74, 6) is 1.58. The maximum absolute atomic E-state index is 5.19. The number of methoxy groups -OCH3 is 2. The van der Waals surface area contributed by atoms with Crippen molar-refractivity contribution in [3.63, 3.8) is 0 Å². The van der Waals surface area contributed by atoms with Gasteiger partial charge < -0.3 is 14.8 Å². The van der Waals surface area contributed by atoms with Crippen molar-refractivity contribution < 1.29 is 9.47 Å². The third kappa shape index (κ3) is 1.35. The van der Waals surface area contributed by atoms with Crippen LogP contribution in [-0.4, -0.2) is 14.2 Å². The molecule has 0 spiro atoms. The average Bonchev–Trinajstić information content (AvgIpc) is 2.62. The van der Waals surface area contributed by atoms with Crippen molar-refractivity contribution in [2.24, 2.45) is 0 Å². The van der Waals surface area contributed by atoms with Crippen LogP contribution >= 0.6 is 0 Å². The molecule has 0 unspecified atom stereocenters. The summed E-state index contributed by atoms with van der Waals surface area (Å²) < 4.78 is 10.4. The largest absolute Gasteiger partial charge is 0.655 e. The van der Waals surface area contributed by atoms with Crippen molar-refractivity contribution in [2.75, 3.05) is 14.2 Å². The van der Waals surface area contributed by atoms with Crippen molar-refractivity contribution in [2.45, 2.75) is 13.1 Å². The van der Waals surface area contributed by atoms with E-state index in [1.165, 1.54) is 11.1 Å². The lowest BCUT2D eigenvalue weighted by Gasteiger charge is -2.10. The minimum absolute atomic E-state index is 0.790. The van der Waals surface area contributed by atoms with Crippen molar-refractivity contribution in [1.82, 2.24) is 0 Å². The van der Waals surface area contributed by atoms with Gasteiger partial charge in [0.15, 0.2) is 11.5 Å². The monoisotopic (exact) mass is 178 g/mol. The van der Waals surface area contributed by atoms with Crippen LogP contribution in [0.3, 0.4) is 0 Å². The second-order valence-corrected chi connectivity index (χ2v) is 3.02. The van der Waals surface area contributed by atoms with Gasteiger partial charge in [0, 0.05) is 0 Å². The molecule has 1 aromatic rings. The van der Waals surface area contributed by atoms with Crippen LogP contribution in [0.4, 0.5) is 0 Å². The molecule has 1 heterocycles. The topological polar surface area (TPSA) is 32.6 Å². The molecule has 2 rings (SSSR count). The Balaban J connectivity index is 2.47. The Hall–Kier alpha value is -1.22. The molecule has 0 aliphatic carbocycles. The van der Waals surface area contributed by atoms with Gasteiger partial charge in [0.05, 0.1) is 14.2 Å². The van der Waals surface area contributed by atoms with Crippen molar-refractivity contribution >= 4 is 0 Å². The van der Waals surface area contributed by atoms with Crippen molar-refractivity contribution in [1.29, 1.82) is 0 Å². The van der Waals surface area contributed by atoms with Crippen LogP contribution in [0, 0.1) is 0 Å². The first-order valence-electron chi connectivity index (χ1n) is 4.22. The van der Waals surface area contributed by atoms with Crippen LogP contribution in [0.1, 0.15) is 11.1 Å². The number of hydrogen-bond donors (Lipinski definition) is 0. The molecular weight excluding hydrogens is 166 g/mol. The predicted octanol–water partition coefficient (Wildman–Crippen LogP) is 2.09. The zero-order chi connectivity index (χ0) is 9.26. The molecule has 0 saturated carbocycles. The molecule has 0 atom stereocenters. The van der Waals surface area contributed by atoms with Gasteiger partial charge in [-0.2, -0.15) is 0 Å². The summed E-state index contributed by atoms with van der Waals surface area (Å²) in [6.45, 7) is 1.60. The van der Waals surface area contributed by atoms with Crippen LogP contribution in [0.5, 0.6) is 11.5 Å². The average molecular weight is 178 g/mol. The molecule has 1 aliphatic rings. The van der Waals surface area contributed by atoms with Gasteiger partial charge in [0.25, 0.3) is 0 Å². The predicted molar refractivity (Wildman–Crippen MR) is 50.3 cm³/mol. The molecular formula is C10H12NO2-. The summed E-state index contributed by atoms with van der Waals surface area (Å²) in [5, 5.41) is 4.29. The molecule has 1 aliphatic heterocycles. The second kappa shape index (κ2) is 3.26. The molecule has 0 fully saturated rings. The molecule has 13 heavy (non-hydrogen) atoms. The number of benzene rings is 1. The molecule has 0 N–H and O–H groups in total. The summed E-state index contributed by atoms with van der Waals surface area (Å²) in [5.41, 5.74) is 2.50. The van der Waals surface area contributed by atoms with E-state index in [1.54, 1.807) is 14.2 Å². The fourth-order valence-corrected chi connectivity index (χ4v) is 1.55. The molecule has 3 heteroatoms. The summed E-state index contributed by atoms with van der Waals surface area (Å²) in [6, 6.07) is 4.01. The number of fused-ring (bicyclic) bond motifs is 1. The normalized spacial score (nSPS) is 14.0. The number of hydrogen-bond acceptors (Lipinski definition) is 2. The van der Waals surface area contributed by atoms with Gasteiger partial charge in [-0.05, 0) is 12.1 Å². The Bertz CT molecular complexity index is 292. The lowest BCUT2D eigenvalue weighted by atomic mass is 10.1. The highest BCUT2D eigenvalue weighted by molar-refractivity contribution is 5.50. The van der Waals surface area contributed by atoms with E-state index in [0.717, 1.165) is 24.6 Å². The van der Waals surface area contributed by atoms with E-state index in [4.69, 9.17) is 9.47 Å². The lowest BCUT2D eigenvalue weighted by molar-refractivity contribution is 0.354. The first-order valence-corrected chi connectivity index (χ1v) is 4.22. The third-order valence-electron chi connectivity index (χ3n) is 2.27. The summed E-state index contributed by atoms with van der Waals surface area (Å²) in [6.07, 6.45) is 0. The Morgan fingerprint density at radius 1 is 1.00 bits per heavy atom. The minimum Gasteiger partial charge on any atom is -0.655 e. The standard InChI is InChI=1S/C10H12NO2/c1-12-9-3-7-5-11-6-8(7)4-10(9)13-2/h3-4H,5-6H2,1-2H3/q-1. The summed E-state index contributed by atoms with van der Waals surface area (Å²) in [7, 11) is 3.30. The van der Waals surface area contributed by atoms with E-state index in [0.29, 0.717) is 0 Å². The number of rotatable bonds is 2. The fourth-order valence-electron chi connectivity index (χ4n) is 1.55. The van der Waals surface area contributed by atoms with Gasteiger partial charge >= 0.3 is 0 Å². The van der Waals surface area contributed by atoms with Gasteiger partial charge in [0.2, 0.25) is 0 Å². The highest BCUT2D eigenvalue weighted by Crippen LogP contribution is 2.35. The van der Waals surface area contributed by atoms with E-state index in [1.807, 2.05) is 12.1 Å². The first kappa shape index (κ1) is 8.38. The lowest BCUT2D eigenvalue weighted by Crippen LogP contribution is -1.93. The van der Waals surface area contributed by atoms with E-state index in [-0.39, 0.29) is 0 Å². The molecule has 0 bridgehead atoms. The molecule has 0 saturated heterocycles. The van der Waals surface area contributed by atoms with Crippen molar-refractivity contribution in [3.05, 3.63) is 28.6 Å². The van der Waals surface area contributed by atoms with Crippen LogP contribution in [0.2, 0.25) is 0 Å². The molecule has 1 aromatic carbocycles. The van der Waals surface area contributed by atoms with Crippen LogP contribution in [0.15, 0.2) is 12.1 Å². The molecule has 0 amide bonds. The SMILES string of the molecule is COc1cc2c(cc1OC)C[N-]C2. The van der Waals surface area contributed by atoms with Gasteiger partial charge in [-0.15, -0.1) is 13.1 Å². The highest BCUT2D eigenvalue weighted by atomic mass is 16.5. The van der Waals surface area contributed by atoms with Crippen LogP contribution in [0.25, 0.3) is 5.32 Å². The summed E-state index contributed by atoms with van der Waals surface area (Å²) in [4.78, 5) is 0. The van der Waals surface area contributed by atoms with E-state index >= 15 is 0 Å². The Kier molecular flexibility index (Phi) is 2.10. The van der Waals surface area contributed by atoms with Gasteiger partial charge in [-0.25, -0.2) is 0 Å². The van der Waals surface area contributed by atoms with Crippen LogP contribution < -0.4 is 9.47 Å². The fraction of sp³-hybridized carbons (Fsp3) is 0.400. The number of ether oxygens (including phenoxy) is 2. The zero-order valence-corrected chi connectivity index (χ0v) is 7.83. The minimum atomic E-state index is 0.790. The van der Waals surface area contributed by atoms with Gasteiger partial charge in [-0.3, -0.25) is 0 Å². The Labute approximate surface area is 77.7 Å². The highest BCUT2D eigenvalue weighted by Gasteiger charge is 2.09. The Morgan fingerprint density at radius 3 is 1.85 bits per heavy atom. The second-order valence-electron chi connectivity index (χ2n) is 3.02. The van der Waals surface area contributed by atoms with E-state index in [2.05, 4.69) is 5.32 Å². The summed E-state index contributed by atoms with van der Waals surface area (Å²) >= 11 is 0. The van der Waals surface area contributed by atoms with E-state index in [9.17, 15) is 0 Å². The Morgan fingerprint density at radius 2 is 1.46 bits per heavy atom. The first-order chi connectivity index (χ1) is 6.35. The smallest absolute Gasteiger partial charge is 0.160 e. The third-order valence-corrected chi connectivity index (χ3v) is 2.27.